The normalized spacial score (nSPS) is 10.5. The number of rotatable bonds is 6. The van der Waals surface area contributed by atoms with Crippen molar-refractivity contribution >= 4 is 17.6 Å². The van der Waals surface area contributed by atoms with Crippen LogP contribution in [0.2, 0.25) is 0 Å². The third kappa shape index (κ3) is 4.11. The smallest absolute Gasteiger partial charge is 0.157 e. The Morgan fingerprint density at radius 1 is 1.20 bits per heavy atom. The quantitative estimate of drug-likeness (QED) is 0.825. The zero-order chi connectivity index (χ0) is 14.4. The SMILES string of the molecule is CCOCc1nc(N)cc(Sc2ccc(OC)cc2)n1. The van der Waals surface area contributed by atoms with Crippen LogP contribution in [0.4, 0.5) is 5.82 Å². The van der Waals surface area contributed by atoms with Gasteiger partial charge < -0.3 is 15.2 Å². The maximum Gasteiger partial charge on any atom is 0.157 e. The van der Waals surface area contributed by atoms with Gasteiger partial charge in [-0.2, -0.15) is 0 Å². The maximum atomic E-state index is 5.79. The highest BCUT2D eigenvalue weighted by atomic mass is 32.2. The third-order valence-corrected chi connectivity index (χ3v) is 3.41. The highest BCUT2D eigenvalue weighted by Gasteiger charge is 2.05. The second-order valence-electron chi connectivity index (χ2n) is 3.96. The van der Waals surface area contributed by atoms with Crippen molar-refractivity contribution in [2.24, 2.45) is 0 Å². The van der Waals surface area contributed by atoms with Crippen LogP contribution in [0, 0.1) is 0 Å². The summed E-state index contributed by atoms with van der Waals surface area (Å²) in [7, 11) is 1.65. The Balaban J connectivity index is 2.12. The van der Waals surface area contributed by atoms with E-state index in [1.54, 1.807) is 13.2 Å². The van der Waals surface area contributed by atoms with Gasteiger partial charge in [0.05, 0.1) is 7.11 Å². The lowest BCUT2D eigenvalue weighted by atomic mass is 10.3. The summed E-state index contributed by atoms with van der Waals surface area (Å²) < 4.78 is 10.4. The van der Waals surface area contributed by atoms with Gasteiger partial charge in [-0.1, -0.05) is 11.8 Å². The molecule has 0 spiro atoms. The van der Waals surface area contributed by atoms with E-state index in [9.17, 15) is 0 Å². The van der Waals surface area contributed by atoms with E-state index in [1.807, 2.05) is 31.2 Å². The molecule has 1 aromatic carbocycles. The molecule has 0 bridgehead atoms. The molecule has 0 radical (unpaired) electrons. The summed E-state index contributed by atoms with van der Waals surface area (Å²) in [5.41, 5.74) is 5.79. The van der Waals surface area contributed by atoms with E-state index in [-0.39, 0.29) is 0 Å². The van der Waals surface area contributed by atoms with Crippen molar-refractivity contribution in [1.82, 2.24) is 9.97 Å². The largest absolute Gasteiger partial charge is 0.497 e. The van der Waals surface area contributed by atoms with Crippen LogP contribution in [0.5, 0.6) is 5.75 Å². The number of hydrogen-bond acceptors (Lipinski definition) is 6. The molecule has 0 atom stereocenters. The van der Waals surface area contributed by atoms with Crippen LogP contribution in [0.1, 0.15) is 12.7 Å². The van der Waals surface area contributed by atoms with Crippen LogP contribution in [0.25, 0.3) is 0 Å². The summed E-state index contributed by atoms with van der Waals surface area (Å²) in [4.78, 5) is 9.63. The Labute approximate surface area is 122 Å². The number of anilines is 1. The van der Waals surface area contributed by atoms with Gasteiger partial charge >= 0.3 is 0 Å². The highest BCUT2D eigenvalue weighted by molar-refractivity contribution is 7.99. The second-order valence-corrected chi connectivity index (χ2v) is 5.06. The number of aromatic nitrogens is 2. The lowest BCUT2D eigenvalue weighted by Gasteiger charge is -2.06. The van der Waals surface area contributed by atoms with Crippen molar-refractivity contribution in [3.63, 3.8) is 0 Å². The van der Waals surface area contributed by atoms with Crippen molar-refractivity contribution in [3.05, 3.63) is 36.2 Å². The molecule has 2 aromatic rings. The minimum absolute atomic E-state index is 0.373. The Morgan fingerprint density at radius 3 is 2.60 bits per heavy atom. The topological polar surface area (TPSA) is 70.3 Å². The second kappa shape index (κ2) is 7.12. The molecule has 106 valence electrons. The predicted octanol–water partition coefficient (Wildman–Crippen LogP) is 2.76. The summed E-state index contributed by atoms with van der Waals surface area (Å²) in [5, 5.41) is 0.803. The zero-order valence-electron chi connectivity index (χ0n) is 11.5. The van der Waals surface area contributed by atoms with Crippen LogP contribution >= 0.6 is 11.8 Å². The Bertz CT molecular complexity index is 561. The molecule has 6 heteroatoms. The molecule has 1 heterocycles. The molecular weight excluding hydrogens is 274 g/mol. The Morgan fingerprint density at radius 2 is 1.95 bits per heavy atom. The molecule has 1 aromatic heterocycles. The average Bonchev–Trinajstić information content (AvgIpc) is 2.45. The van der Waals surface area contributed by atoms with E-state index in [0.717, 1.165) is 15.7 Å². The van der Waals surface area contributed by atoms with Gasteiger partial charge in [-0.05, 0) is 31.2 Å². The molecule has 0 unspecified atom stereocenters. The van der Waals surface area contributed by atoms with Gasteiger partial charge in [-0.15, -0.1) is 0 Å². The standard InChI is InChI=1S/C14H17N3O2S/c1-3-19-9-13-16-12(15)8-14(17-13)20-11-6-4-10(18-2)5-7-11/h4-8H,3,9H2,1-2H3,(H2,15,16,17). The van der Waals surface area contributed by atoms with Gasteiger partial charge in [-0.25, -0.2) is 9.97 Å². The van der Waals surface area contributed by atoms with E-state index >= 15 is 0 Å². The highest BCUT2D eigenvalue weighted by Crippen LogP contribution is 2.28. The predicted molar refractivity (Wildman–Crippen MR) is 78.9 cm³/mol. The molecule has 20 heavy (non-hydrogen) atoms. The van der Waals surface area contributed by atoms with Crippen LogP contribution < -0.4 is 10.5 Å². The number of ether oxygens (including phenoxy) is 2. The molecule has 5 nitrogen and oxygen atoms in total. The van der Waals surface area contributed by atoms with Gasteiger partial charge in [0.15, 0.2) is 5.82 Å². The molecule has 0 aliphatic carbocycles. The minimum atomic E-state index is 0.373. The number of nitrogens with two attached hydrogens (primary N) is 1. The Hall–Kier alpha value is -1.79. The first kappa shape index (κ1) is 14.6. The van der Waals surface area contributed by atoms with E-state index < -0.39 is 0 Å². The maximum absolute atomic E-state index is 5.79. The monoisotopic (exact) mass is 291 g/mol. The molecule has 0 saturated carbocycles. The minimum Gasteiger partial charge on any atom is -0.497 e. The molecule has 0 amide bonds. The van der Waals surface area contributed by atoms with Crippen molar-refractivity contribution < 1.29 is 9.47 Å². The fourth-order valence-electron chi connectivity index (χ4n) is 1.57. The number of nitrogens with zero attached hydrogens (tertiary/aromatic N) is 2. The van der Waals surface area contributed by atoms with Crippen molar-refractivity contribution in [1.29, 1.82) is 0 Å². The lowest BCUT2D eigenvalue weighted by molar-refractivity contribution is 0.128. The third-order valence-electron chi connectivity index (χ3n) is 2.49. The lowest BCUT2D eigenvalue weighted by Crippen LogP contribution is -2.03. The van der Waals surface area contributed by atoms with Crippen LogP contribution in [0.15, 0.2) is 40.3 Å². The molecule has 2 rings (SSSR count). The summed E-state index contributed by atoms with van der Waals surface area (Å²) in [6, 6.07) is 9.53. The summed E-state index contributed by atoms with van der Waals surface area (Å²) in [5.74, 6) is 1.88. The summed E-state index contributed by atoms with van der Waals surface area (Å²) >= 11 is 1.53. The van der Waals surface area contributed by atoms with E-state index in [0.29, 0.717) is 24.9 Å². The fourth-order valence-corrected chi connectivity index (χ4v) is 2.41. The summed E-state index contributed by atoms with van der Waals surface area (Å²) in [6.45, 7) is 2.93. The van der Waals surface area contributed by atoms with Gasteiger partial charge in [0, 0.05) is 17.6 Å². The molecular formula is C14H17N3O2S. The van der Waals surface area contributed by atoms with Crippen molar-refractivity contribution in [3.8, 4) is 5.75 Å². The number of methoxy groups -OCH3 is 1. The van der Waals surface area contributed by atoms with Gasteiger partial charge in [0.25, 0.3) is 0 Å². The van der Waals surface area contributed by atoms with Gasteiger partial charge in [0.2, 0.25) is 0 Å². The first-order valence-corrected chi connectivity index (χ1v) is 7.06. The van der Waals surface area contributed by atoms with Gasteiger partial charge in [0.1, 0.15) is 23.2 Å². The average molecular weight is 291 g/mol. The molecule has 0 saturated heterocycles. The van der Waals surface area contributed by atoms with Crippen molar-refractivity contribution in [2.45, 2.75) is 23.5 Å². The van der Waals surface area contributed by atoms with Crippen LogP contribution in [0.3, 0.4) is 0 Å². The number of hydrogen-bond donors (Lipinski definition) is 1. The molecule has 0 aliphatic heterocycles. The fraction of sp³-hybridized carbons (Fsp3) is 0.286. The molecule has 2 N–H and O–H groups in total. The summed E-state index contributed by atoms with van der Waals surface area (Å²) in [6.07, 6.45) is 0. The molecule has 0 fully saturated rings. The van der Waals surface area contributed by atoms with Crippen LogP contribution in [-0.2, 0) is 11.3 Å². The first-order valence-electron chi connectivity index (χ1n) is 6.24. The number of benzene rings is 1. The van der Waals surface area contributed by atoms with Crippen molar-refractivity contribution in [2.75, 3.05) is 19.5 Å². The zero-order valence-corrected chi connectivity index (χ0v) is 12.3. The van der Waals surface area contributed by atoms with E-state index in [4.69, 9.17) is 15.2 Å². The van der Waals surface area contributed by atoms with E-state index in [1.165, 1.54) is 11.8 Å². The van der Waals surface area contributed by atoms with Gasteiger partial charge in [-0.3, -0.25) is 0 Å². The Kier molecular flexibility index (Phi) is 5.20. The molecule has 0 aliphatic rings. The first-order chi connectivity index (χ1) is 9.71. The van der Waals surface area contributed by atoms with Crippen LogP contribution in [-0.4, -0.2) is 23.7 Å². The van der Waals surface area contributed by atoms with E-state index in [2.05, 4.69) is 9.97 Å². The number of nitrogen functional groups attached to an aromatic ring is 1.